The minimum absolute atomic E-state index is 0.329. The molecule has 6 nitrogen and oxygen atoms in total. The topological polar surface area (TPSA) is 70.3 Å². The van der Waals surface area contributed by atoms with Crippen molar-refractivity contribution in [3.05, 3.63) is 72.5 Å². The summed E-state index contributed by atoms with van der Waals surface area (Å²) in [5.41, 5.74) is 2.25. The molecular formula is C27H23BFN3O3. The number of nitrogens with zero attached hydrogens (tertiary/aromatic N) is 3. The average Bonchev–Trinajstić information content (AvgIpc) is 3.31. The highest BCUT2D eigenvalue weighted by molar-refractivity contribution is 6.60. The Labute approximate surface area is 202 Å². The Morgan fingerprint density at radius 1 is 0.686 bits per heavy atom. The van der Waals surface area contributed by atoms with Crippen LogP contribution in [0.2, 0.25) is 0 Å². The van der Waals surface area contributed by atoms with Crippen molar-refractivity contribution in [2.24, 2.45) is 0 Å². The summed E-state index contributed by atoms with van der Waals surface area (Å²) in [7, 11) is -0.768. The third-order valence-corrected chi connectivity index (χ3v) is 6.86. The zero-order valence-corrected chi connectivity index (χ0v) is 19.9. The number of furan rings is 1. The number of halogens is 1. The summed E-state index contributed by atoms with van der Waals surface area (Å²) in [6.45, 7) is 7.91. The lowest BCUT2D eigenvalue weighted by molar-refractivity contribution is 0.00578. The minimum atomic E-state index is -0.768. The van der Waals surface area contributed by atoms with Crippen molar-refractivity contribution in [2.75, 3.05) is 0 Å². The van der Waals surface area contributed by atoms with Gasteiger partial charge in [0.05, 0.1) is 11.2 Å². The van der Waals surface area contributed by atoms with Gasteiger partial charge in [0.25, 0.3) is 0 Å². The minimum Gasteiger partial charge on any atom is -0.456 e. The largest absolute Gasteiger partial charge is 0.534 e. The molecule has 1 aliphatic heterocycles. The Kier molecular flexibility index (Phi) is 4.81. The normalized spacial score (nSPS) is 16.9. The van der Waals surface area contributed by atoms with Gasteiger partial charge in [-0.2, -0.15) is 0 Å². The van der Waals surface area contributed by atoms with Gasteiger partial charge in [0.15, 0.2) is 17.4 Å². The molecule has 0 atom stereocenters. The van der Waals surface area contributed by atoms with Crippen molar-refractivity contribution in [2.45, 2.75) is 38.9 Å². The molecule has 8 heteroatoms. The molecule has 0 bridgehead atoms. The number of rotatable bonds is 3. The van der Waals surface area contributed by atoms with Crippen LogP contribution in [0.25, 0.3) is 44.7 Å². The molecule has 0 aliphatic carbocycles. The predicted octanol–water partition coefficient (Wildman–Crippen LogP) is 5.54. The molecule has 1 aliphatic rings. The fourth-order valence-corrected chi connectivity index (χ4v) is 4.17. The van der Waals surface area contributed by atoms with E-state index < -0.39 is 18.3 Å². The lowest BCUT2D eigenvalue weighted by Gasteiger charge is -2.32. The van der Waals surface area contributed by atoms with Gasteiger partial charge in [0, 0.05) is 21.9 Å². The van der Waals surface area contributed by atoms with E-state index in [1.165, 1.54) is 12.1 Å². The predicted molar refractivity (Wildman–Crippen MR) is 134 cm³/mol. The second-order valence-electron chi connectivity index (χ2n) is 9.75. The number of hydrogen-bond acceptors (Lipinski definition) is 6. The van der Waals surface area contributed by atoms with Crippen molar-refractivity contribution in [3.63, 3.8) is 0 Å². The van der Waals surface area contributed by atoms with Gasteiger partial charge < -0.3 is 13.7 Å². The van der Waals surface area contributed by atoms with Gasteiger partial charge >= 0.3 is 7.12 Å². The smallest absolute Gasteiger partial charge is 0.456 e. The molecule has 0 unspecified atom stereocenters. The first-order valence-corrected chi connectivity index (χ1v) is 11.5. The number of fused-ring (bicyclic) bond motifs is 3. The van der Waals surface area contributed by atoms with Crippen molar-refractivity contribution in [1.29, 1.82) is 0 Å². The highest BCUT2D eigenvalue weighted by Gasteiger charge is 2.53. The molecule has 3 heterocycles. The van der Waals surface area contributed by atoms with E-state index in [0.717, 1.165) is 27.5 Å². The van der Waals surface area contributed by atoms with Crippen LogP contribution in [-0.4, -0.2) is 33.3 Å². The summed E-state index contributed by atoms with van der Waals surface area (Å²) >= 11 is 0. The fourth-order valence-electron chi connectivity index (χ4n) is 4.17. The van der Waals surface area contributed by atoms with Crippen molar-refractivity contribution >= 4 is 34.8 Å². The third kappa shape index (κ3) is 3.70. The fraction of sp³-hybridized carbons (Fsp3) is 0.222. The number of benzene rings is 3. The van der Waals surface area contributed by atoms with E-state index in [4.69, 9.17) is 23.7 Å². The molecule has 0 spiro atoms. The van der Waals surface area contributed by atoms with Gasteiger partial charge in [-0.25, -0.2) is 19.3 Å². The molecule has 0 amide bonds. The summed E-state index contributed by atoms with van der Waals surface area (Å²) in [6, 6.07) is 19.9. The molecule has 3 aromatic carbocycles. The van der Waals surface area contributed by atoms with Crippen LogP contribution in [0.15, 0.2) is 71.1 Å². The van der Waals surface area contributed by atoms with E-state index in [1.807, 2.05) is 70.2 Å². The molecule has 174 valence electrons. The van der Waals surface area contributed by atoms with Crippen molar-refractivity contribution in [1.82, 2.24) is 15.0 Å². The number of para-hydroxylation sites is 1. The summed E-state index contributed by atoms with van der Waals surface area (Å²) in [4.78, 5) is 14.1. The molecule has 5 aromatic rings. The first kappa shape index (κ1) is 21.9. The molecule has 35 heavy (non-hydrogen) atoms. The van der Waals surface area contributed by atoms with Gasteiger partial charge in [0.2, 0.25) is 0 Å². The molecule has 0 saturated carbocycles. The van der Waals surface area contributed by atoms with Gasteiger partial charge in [-0.3, -0.25) is 0 Å². The third-order valence-electron chi connectivity index (χ3n) is 6.86. The van der Waals surface area contributed by atoms with Gasteiger partial charge in [-0.1, -0.05) is 24.3 Å². The summed E-state index contributed by atoms with van der Waals surface area (Å²) in [5, 5.41) is 2.07. The molecule has 0 radical (unpaired) electrons. The Morgan fingerprint density at radius 3 is 2.00 bits per heavy atom. The van der Waals surface area contributed by atoms with Crippen molar-refractivity contribution < 1.29 is 18.1 Å². The van der Waals surface area contributed by atoms with E-state index in [1.54, 1.807) is 12.1 Å². The highest BCUT2D eigenvalue weighted by atomic mass is 19.1. The first-order chi connectivity index (χ1) is 16.7. The Balaban J connectivity index is 1.50. The lowest BCUT2D eigenvalue weighted by atomic mass is 9.89. The van der Waals surface area contributed by atoms with Crippen LogP contribution in [0.1, 0.15) is 27.7 Å². The number of hydrogen-bond donors (Lipinski definition) is 0. The number of aromatic nitrogens is 3. The van der Waals surface area contributed by atoms with E-state index >= 15 is 0 Å². The second kappa shape index (κ2) is 7.70. The molecule has 1 saturated heterocycles. The molecule has 6 rings (SSSR count). The molecule has 0 N–H and O–H groups in total. The SMILES string of the molecule is CC1(C)OB(c2nc(-c3ccc(F)cc3)nc(-c3ccc4c(c3)oc3ccccc34)n2)OC1(C)C. The summed E-state index contributed by atoms with van der Waals surface area (Å²) in [6.07, 6.45) is 0. The first-order valence-electron chi connectivity index (χ1n) is 11.5. The van der Waals surface area contributed by atoms with E-state index in [0.29, 0.717) is 22.9 Å². The average molecular weight is 467 g/mol. The van der Waals surface area contributed by atoms with Crippen LogP contribution >= 0.6 is 0 Å². The van der Waals surface area contributed by atoms with Crippen LogP contribution in [0.5, 0.6) is 0 Å². The maximum atomic E-state index is 13.6. The quantitative estimate of drug-likeness (QED) is 0.325. The summed E-state index contributed by atoms with van der Waals surface area (Å²) in [5.74, 6) is 0.528. The molecular weight excluding hydrogens is 444 g/mol. The lowest BCUT2D eigenvalue weighted by Crippen LogP contribution is -2.41. The van der Waals surface area contributed by atoms with Crippen LogP contribution in [-0.2, 0) is 9.31 Å². The standard InChI is InChI=1S/C27H23BFN3O3/c1-26(2)27(3,4)35-28(34-26)25-31-23(16-9-12-18(29)13-10-16)30-24(32-25)17-11-14-20-19-7-5-6-8-21(19)33-22(20)15-17/h5-15H,1-4H3. The zero-order chi connectivity index (χ0) is 24.4. The molecule has 2 aromatic heterocycles. The van der Waals surface area contributed by atoms with Gasteiger partial charge in [-0.05, 0) is 70.2 Å². The summed E-state index contributed by atoms with van der Waals surface area (Å²) < 4.78 is 32.1. The van der Waals surface area contributed by atoms with Crippen LogP contribution in [0.4, 0.5) is 4.39 Å². The molecule has 1 fully saturated rings. The van der Waals surface area contributed by atoms with Crippen LogP contribution < -0.4 is 5.72 Å². The van der Waals surface area contributed by atoms with Gasteiger partial charge in [0.1, 0.15) is 17.0 Å². The maximum Gasteiger partial charge on any atom is 0.534 e. The van der Waals surface area contributed by atoms with E-state index in [2.05, 4.69) is 4.98 Å². The van der Waals surface area contributed by atoms with E-state index in [9.17, 15) is 4.39 Å². The Hall–Kier alpha value is -3.62. The van der Waals surface area contributed by atoms with Crippen LogP contribution in [0.3, 0.4) is 0 Å². The van der Waals surface area contributed by atoms with Crippen LogP contribution in [0, 0.1) is 5.82 Å². The Morgan fingerprint density at radius 2 is 1.29 bits per heavy atom. The zero-order valence-electron chi connectivity index (χ0n) is 19.9. The van der Waals surface area contributed by atoms with E-state index in [-0.39, 0.29) is 5.82 Å². The Bertz CT molecular complexity index is 1560. The monoisotopic (exact) mass is 467 g/mol. The second-order valence-corrected chi connectivity index (χ2v) is 9.75. The van der Waals surface area contributed by atoms with Crippen molar-refractivity contribution in [3.8, 4) is 22.8 Å². The highest BCUT2D eigenvalue weighted by Crippen LogP contribution is 2.36. The maximum absolute atomic E-state index is 13.6. The van der Waals surface area contributed by atoms with Gasteiger partial charge in [-0.15, -0.1) is 0 Å².